The van der Waals surface area contributed by atoms with Crippen LogP contribution in [0.15, 0.2) is 0 Å². The molecular weight excluding hydrogens is 260 g/mol. The van der Waals surface area contributed by atoms with Crippen molar-refractivity contribution in [2.45, 2.75) is 58.0 Å². The number of carbonyl (C=O) groups excluding carboxylic acids is 2. The molecule has 0 aromatic heterocycles. The summed E-state index contributed by atoms with van der Waals surface area (Å²) < 4.78 is 0. The van der Waals surface area contributed by atoms with E-state index in [4.69, 9.17) is 0 Å². The molecule has 2 amide bonds. The first kappa shape index (κ1) is 16.3. The van der Waals surface area contributed by atoms with Crippen molar-refractivity contribution < 1.29 is 9.59 Å². The molecule has 19 heavy (non-hydrogen) atoms. The summed E-state index contributed by atoms with van der Waals surface area (Å²) in [6.45, 7) is 4.56. The normalized spacial score (nSPS) is 23.6. The van der Waals surface area contributed by atoms with Gasteiger partial charge in [0.15, 0.2) is 0 Å². The van der Waals surface area contributed by atoms with Crippen LogP contribution in [0.4, 0.5) is 0 Å². The van der Waals surface area contributed by atoms with E-state index in [1.807, 2.05) is 25.6 Å². The minimum Gasteiger partial charge on any atom is -0.343 e. The van der Waals surface area contributed by atoms with E-state index < -0.39 is 0 Å². The topological polar surface area (TPSA) is 49.4 Å². The summed E-state index contributed by atoms with van der Waals surface area (Å²) in [5.74, 6) is 1.25. The molecule has 0 aliphatic carbocycles. The monoisotopic (exact) mass is 286 g/mol. The standard InChI is InChI=1S/C14H26N2O2S/c1-4-8-12-14(18)16(11(2)13(17)15-12)9-6-5-7-10-19-3/h11-12H,4-10H2,1-3H3,(H,15,17). The average molecular weight is 286 g/mol. The largest absolute Gasteiger partial charge is 0.343 e. The number of carbonyl (C=O) groups is 2. The molecule has 1 rings (SSSR count). The Kier molecular flexibility index (Phi) is 7.28. The SMILES string of the molecule is CCCC1NC(=O)C(C)N(CCCCCSC)C1=O. The molecule has 1 fully saturated rings. The molecule has 1 aliphatic heterocycles. The van der Waals surface area contributed by atoms with Crippen LogP contribution in [0, 0.1) is 0 Å². The molecule has 1 N–H and O–H groups in total. The fourth-order valence-corrected chi connectivity index (χ4v) is 2.87. The smallest absolute Gasteiger partial charge is 0.245 e. The Labute approximate surface area is 120 Å². The lowest BCUT2D eigenvalue weighted by molar-refractivity contribution is -0.148. The molecule has 0 saturated carbocycles. The first-order valence-corrected chi connectivity index (χ1v) is 8.61. The van der Waals surface area contributed by atoms with Crippen molar-refractivity contribution in [3.8, 4) is 0 Å². The maximum absolute atomic E-state index is 12.3. The second kappa shape index (κ2) is 8.46. The molecular formula is C14H26N2O2S. The van der Waals surface area contributed by atoms with Crippen LogP contribution in [-0.4, -0.2) is 47.4 Å². The van der Waals surface area contributed by atoms with E-state index in [1.54, 1.807) is 4.90 Å². The van der Waals surface area contributed by atoms with E-state index in [0.29, 0.717) is 6.54 Å². The van der Waals surface area contributed by atoms with E-state index >= 15 is 0 Å². The zero-order valence-corrected chi connectivity index (χ0v) is 13.1. The maximum Gasteiger partial charge on any atom is 0.245 e. The third-order valence-electron chi connectivity index (χ3n) is 3.57. The summed E-state index contributed by atoms with van der Waals surface area (Å²) in [7, 11) is 0. The summed E-state index contributed by atoms with van der Waals surface area (Å²) in [4.78, 5) is 25.9. The molecule has 4 nitrogen and oxygen atoms in total. The number of nitrogens with one attached hydrogen (secondary N) is 1. The number of unbranched alkanes of at least 4 members (excludes halogenated alkanes) is 2. The van der Waals surface area contributed by atoms with Crippen molar-refractivity contribution in [3.05, 3.63) is 0 Å². The van der Waals surface area contributed by atoms with Crippen LogP contribution >= 0.6 is 11.8 Å². The number of nitrogens with zero attached hydrogens (tertiary/aromatic N) is 1. The Hall–Kier alpha value is -0.710. The first-order chi connectivity index (χ1) is 9.11. The van der Waals surface area contributed by atoms with Crippen LogP contribution in [0.1, 0.15) is 46.0 Å². The van der Waals surface area contributed by atoms with Crippen molar-refractivity contribution in [1.29, 1.82) is 0 Å². The highest BCUT2D eigenvalue weighted by Crippen LogP contribution is 2.14. The molecule has 0 aromatic carbocycles. The van der Waals surface area contributed by atoms with Gasteiger partial charge in [-0.25, -0.2) is 0 Å². The van der Waals surface area contributed by atoms with Crippen LogP contribution < -0.4 is 5.32 Å². The summed E-state index contributed by atoms with van der Waals surface area (Å²) >= 11 is 1.85. The highest BCUT2D eigenvalue weighted by atomic mass is 32.2. The fraction of sp³-hybridized carbons (Fsp3) is 0.857. The van der Waals surface area contributed by atoms with Gasteiger partial charge >= 0.3 is 0 Å². The predicted octanol–water partition coefficient (Wildman–Crippen LogP) is 2.04. The zero-order chi connectivity index (χ0) is 14.3. The van der Waals surface area contributed by atoms with Gasteiger partial charge < -0.3 is 10.2 Å². The molecule has 1 saturated heterocycles. The Morgan fingerprint density at radius 1 is 1.26 bits per heavy atom. The number of piperazine rings is 1. The number of thioether (sulfide) groups is 1. The number of rotatable bonds is 8. The van der Waals surface area contributed by atoms with E-state index in [0.717, 1.165) is 25.7 Å². The average Bonchev–Trinajstić information content (AvgIpc) is 2.39. The maximum atomic E-state index is 12.3. The lowest BCUT2D eigenvalue weighted by Gasteiger charge is -2.37. The van der Waals surface area contributed by atoms with Gasteiger partial charge in [0.2, 0.25) is 11.8 Å². The van der Waals surface area contributed by atoms with Gasteiger partial charge in [-0.1, -0.05) is 19.8 Å². The fourth-order valence-electron chi connectivity index (χ4n) is 2.38. The molecule has 0 bridgehead atoms. The Balaban J connectivity index is 2.47. The van der Waals surface area contributed by atoms with Crippen LogP contribution in [0.25, 0.3) is 0 Å². The Bertz CT molecular complexity index is 310. The van der Waals surface area contributed by atoms with Gasteiger partial charge in [-0.15, -0.1) is 0 Å². The molecule has 1 heterocycles. The number of hydrogen-bond donors (Lipinski definition) is 1. The molecule has 0 radical (unpaired) electrons. The van der Waals surface area contributed by atoms with Gasteiger partial charge in [0, 0.05) is 6.54 Å². The highest BCUT2D eigenvalue weighted by molar-refractivity contribution is 7.98. The quantitative estimate of drug-likeness (QED) is 0.695. The van der Waals surface area contributed by atoms with Crippen molar-refractivity contribution >= 4 is 23.6 Å². The van der Waals surface area contributed by atoms with Gasteiger partial charge in [-0.05, 0) is 38.2 Å². The summed E-state index contributed by atoms with van der Waals surface area (Å²) in [6, 6.07) is -0.624. The highest BCUT2D eigenvalue weighted by Gasteiger charge is 2.36. The third kappa shape index (κ3) is 4.71. The second-order valence-corrected chi connectivity index (χ2v) is 6.10. The van der Waals surface area contributed by atoms with E-state index in [1.165, 1.54) is 12.2 Å². The second-order valence-electron chi connectivity index (χ2n) is 5.11. The minimum absolute atomic E-state index is 0.0119. The molecule has 0 spiro atoms. The number of hydrogen-bond acceptors (Lipinski definition) is 3. The van der Waals surface area contributed by atoms with Gasteiger partial charge in [0.05, 0.1) is 0 Å². The van der Waals surface area contributed by atoms with E-state index in [9.17, 15) is 9.59 Å². The molecule has 0 aromatic rings. The Morgan fingerprint density at radius 3 is 2.63 bits per heavy atom. The van der Waals surface area contributed by atoms with Crippen LogP contribution in [0.5, 0.6) is 0 Å². The molecule has 110 valence electrons. The summed E-state index contributed by atoms with van der Waals surface area (Å²) in [5, 5.41) is 2.82. The van der Waals surface area contributed by atoms with Crippen LogP contribution in [0.3, 0.4) is 0 Å². The molecule has 2 unspecified atom stereocenters. The minimum atomic E-state index is -0.318. The van der Waals surface area contributed by atoms with Crippen LogP contribution in [-0.2, 0) is 9.59 Å². The zero-order valence-electron chi connectivity index (χ0n) is 12.3. The van der Waals surface area contributed by atoms with Crippen LogP contribution in [0.2, 0.25) is 0 Å². The van der Waals surface area contributed by atoms with Gasteiger partial charge in [-0.3, -0.25) is 9.59 Å². The lowest BCUT2D eigenvalue weighted by atomic mass is 10.0. The molecule has 1 aliphatic rings. The van der Waals surface area contributed by atoms with E-state index in [2.05, 4.69) is 11.6 Å². The Morgan fingerprint density at radius 2 is 2.00 bits per heavy atom. The number of amides is 2. The summed E-state index contributed by atoms with van der Waals surface area (Å²) in [5.41, 5.74) is 0. The lowest BCUT2D eigenvalue weighted by Crippen LogP contribution is -2.62. The first-order valence-electron chi connectivity index (χ1n) is 7.21. The van der Waals surface area contributed by atoms with E-state index in [-0.39, 0.29) is 23.9 Å². The van der Waals surface area contributed by atoms with Gasteiger partial charge in [0.1, 0.15) is 12.1 Å². The van der Waals surface area contributed by atoms with Gasteiger partial charge in [-0.2, -0.15) is 11.8 Å². The molecule has 5 heteroatoms. The predicted molar refractivity (Wildman–Crippen MR) is 80.2 cm³/mol. The van der Waals surface area contributed by atoms with Crippen molar-refractivity contribution in [3.63, 3.8) is 0 Å². The van der Waals surface area contributed by atoms with Crippen molar-refractivity contribution in [1.82, 2.24) is 10.2 Å². The summed E-state index contributed by atoms with van der Waals surface area (Å²) in [6.07, 6.45) is 7.05. The van der Waals surface area contributed by atoms with Gasteiger partial charge in [0.25, 0.3) is 0 Å². The van der Waals surface area contributed by atoms with Crippen molar-refractivity contribution in [2.75, 3.05) is 18.6 Å². The third-order valence-corrected chi connectivity index (χ3v) is 4.27. The van der Waals surface area contributed by atoms with Crippen molar-refractivity contribution in [2.24, 2.45) is 0 Å². The molecule has 2 atom stereocenters.